The lowest BCUT2D eigenvalue weighted by Gasteiger charge is -2.43. The summed E-state index contributed by atoms with van der Waals surface area (Å²) < 4.78 is 0. The van der Waals surface area contributed by atoms with Gasteiger partial charge in [0.1, 0.15) is 12.1 Å². The highest BCUT2D eigenvalue weighted by molar-refractivity contribution is 5.97. The molecular formula is C12H20N2O2. The van der Waals surface area contributed by atoms with E-state index in [1.807, 2.05) is 13.8 Å². The monoisotopic (exact) mass is 224 g/mol. The number of nitrogens with one attached hydrogen (secondary N) is 1. The minimum atomic E-state index is -0.299. The van der Waals surface area contributed by atoms with Gasteiger partial charge in [0.25, 0.3) is 0 Å². The van der Waals surface area contributed by atoms with Gasteiger partial charge in [0.15, 0.2) is 0 Å². The topological polar surface area (TPSA) is 49.4 Å². The Balaban J connectivity index is 2.16. The smallest absolute Gasteiger partial charge is 0.246 e. The number of carbonyl (C=O) groups excluding carboxylic acids is 2. The van der Waals surface area contributed by atoms with Gasteiger partial charge < -0.3 is 10.2 Å². The predicted octanol–water partition coefficient (Wildman–Crippen LogP) is 0.912. The van der Waals surface area contributed by atoms with Crippen LogP contribution < -0.4 is 5.32 Å². The Hall–Kier alpha value is -1.06. The Morgan fingerprint density at radius 3 is 2.88 bits per heavy atom. The third-order valence-corrected chi connectivity index (χ3v) is 3.87. The fourth-order valence-electron chi connectivity index (χ4n) is 2.58. The molecule has 0 aromatic heterocycles. The molecule has 2 aliphatic heterocycles. The van der Waals surface area contributed by atoms with Crippen molar-refractivity contribution >= 4 is 11.8 Å². The molecule has 90 valence electrons. The third kappa shape index (κ3) is 1.81. The molecule has 2 aliphatic rings. The van der Waals surface area contributed by atoms with Crippen molar-refractivity contribution in [2.24, 2.45) is 5.92 Å². The van der Waals surface area contributed by atoms with E-state index in [2.05, 4.69) is 5.32 Å². The van der Waals surface area contributed by atoms with Gasteiger partial charge in [0.05, 0.1) is 0 Å². The van der Waals surface area contributed by atoms with Gasteiger partial charge in [-0.1, -0.05) is 20.3 Å². The molecule has 2 amide bonds. The largest absolute Gasteiger partial charge is 0.342 e. The Morgan fingerprint density at radius 1 is 1.44 bits per heavy atom. The standard InChI is InChI=1S/C12H20N2O2/c1-3-8(2)10-12(16)14-7-5-4-6-9(14)11(15)13-10/h8-10H,3-7H2,1-2H3,(H,13,15)/t8-,9+,10-/m0/s1. The molecule has 0 aromatic rings. The number of amides is 2. The molecule has 0 radical (unpaired) electrons. The van der Waals surface area contributed by atoms with Crippen molar-refractivity contribution in [1.29, 1.82) is 0 Å². The van der Waals surface area contributed by atoms with E-state index in [4.69, 9.17) is 0 Å². The normalized spacial score (nSPS) is 32.0. The number of hydrogen-bond acceptors (Lipinski definition) is 2. The van der Waals surface area contributed by atoms with Crippen LogP contribution in [-0.2, 0) is 9.59 Å². The van der Waals surface area contributed by atoms with Gasteiger partial charge in [-0.05, 0) is 25.2 Å². The van der Waals surface area contributed by atoms with E-state index in [1.165, 1.54) is 0 Å². The lowest BCUT2D eigenvalue weighted by molar-refractivity contribution is -0.152. The quantitative estimate of drug-likeness (QED) is 0.758. The van der Waals surface area contributed by atoms with E-state index in [0.29, 0.717) is 0 Å². The molecule has 1 N–H and O–H groups in total. The average Bonchev–Trinajstić information content (AvgIpc) is 2.33. The molecule has 3 atom stereocenters. The maximum atomic E-state index is 12.2. The summed E-state index contributed by atoms with van der Waals surface area (Å²) in [7, 11) is 0. The van der Waals surface area contributed by atoms with Crippen LogP contribution in [0.15, 0.2) is 0 Å². The van der Waals surface area contributed by atoms with Crippen LogP contribution in [0.1, 0.15) is 39.5 Å². The van der Waals surface area contributed by atoms with Gasteiger partial charge >= 0.3 is 0 Å². The van der Waals surface area contributed by atoms with Crippen LogP contribution in [0.5, 0.6) is 0 Å². The molecule has 2 heterocycles. The van der Waals surface area contributed by atoms with Crippen LogP contribution >= 0.6 is 0 Å². The van der Waals surface area contributed by atoms with Gasteiger partial charge in [0.2, 0.25) is 11.8 Å². The maximum Gasteiger partial charge on any atom is 0.246 e. The van der Waals surface area contributed by atoms with Crippen molar-refractivity contribution in [3.05, 3.63) is 0 Å². The molecule has 2 rings (SSSR count). The summed E-state index contributed by atoms with van der Waals surface area (Å²) >= 11 is 0. The van der Waals surface area contributed by atoms with Crippen LogP contribution in [0.2, 0.25) is 0 Å². The molecule has 0 bridgehead atoms. The Bertz CT molecular complexity index is 299. The molecule has 0 saturated carbocycles. The lowest BCUT2D eigenvalue weighted by atomic mass is 9.91. The van der Waals surface area contributed by atoms with E-state index in [0.717, 1.165) is 32.2 Å². The number of carbonyl (C=O) groups is 2. The molecule has 0 spiro atoms. The lowest BCUT2D eigenvalue weighted by Crippen LogP contribution is -2.65. The van der Waals surface area contributed by atoms with Gasteiger partial charge in [-0.25, -0.2) is 0 Å². The Morgan fingerprint density at radius 2 is 2.19 bits per heavy atom. The third-order valence-electron chi connectivity index (χ3n) is 3.87. The van der Waals surface area contributed by atoms with E-state index < -0.39 is 0 Å². The van der Waals surface area contributed by atoms with Crippen molar-refractivity contribution in [2.45, 2.75) is 51.6 Å². The zero-order valence-corrected chi connectivity index (χ0v) is 10.0. The van der Waals surface area contributed by atoms with E-state index in [9.17, 15) is 9.59 Å². The van der Waals surface area contributed by atoms with Crippen molar-refractivity contribution in [3.8, 4) is 0 Å². The summed E-state index contributed by atoms with van der Waals surface area (Å²) in [5.41, 5.74) is 0. The van der Waals surface area contributed by atoms with Gasteiger partial charge in [0, 0.05) is 6.54 Å². The Labute approximate surface area is 96.4 Å². The number of piperidine rings is 1. The second-order valence-electron chi connectivity index (χ2n) is 4.92. The first kappa shape index (κ1) is 11.4. The summed E-state index contributed by atoms with van der Waals surface area (Å²) in [5, 5.41) is 2.89. The first-order valence-electron chi connectivity index (χ1n) is 6.26. The maximum absolute atomic E-state index is 12.2. The molecule has 0 unspecified atom stereocenters. The zero-order valence-electron chi connectivity index (χ0n) is 10.0. The van der Waals surface area contributed by atoms with Crippen LogP contribution in [0.25, 0.3) is 0 Å². The van der Waals surface area contributed by atoms with Crippen molar-refractivity contribution in [2.75, 3.05) is 6.54 Å². The summed E-state index contributed by atoms with van der Waals surface area (Å²) in [6, 6.07) is -0.492. The number of piperazine rings is 1. The summed E-state index contributed by atoms with van der Waals surface area (Å²) in [6.45, 7) is 4.82. The number of rotatable bonds is 2. The molecule has 2 saturated heterocycles. The first-order valence-corrected chi connectivity index (χ1v) is 6.26. The fourth-order valence-corrected chi connectivity index (χ4v) is 2.58. The minimum Gasteiger partial charge on any atom is -0.342 e. The number of nitrogens with zero attached hydrogens (tertiary/aromatic N) is 1. The first-order chi connectivity index (χ1) is 7.65. The van der Waals surface area contributed by atoms with Crippen LogP contribution in [0.4, 0.5) is 0 Å². The Kier molecular flexibility index (Phi) is 3.17. The van der Waals surface area contributed by atoms with Crippen molar-refractivity contribution in [1.82, 2.24) is 10.2 Å². The second kappa shape index (κ2) is 4.44. The van der Waals surface area contributed by atoms with Gasteiger partial charge in [-0.3, -0.25) is 9.59 Å². The SMILES string of the molecule is CC[C@H](C)[C@@H]1NC(=O)[C@H]2CCCCN2C1=O. The van der Waals surface area contributed by atoms with E-state index in [1.54, 1.807) is 4.90 Å². The van der Waals surface area contributed by atoms with E-state index in [-0.39, 0.29) is 29.8 Å². The van der Waals surface area contributed by atoms with Crippen LogP contribution in [-0.4, -0.2) is 35.3 Å². The zero-order chi connectivity index (χ0) is 11.7. The molecule has 0 aliphatic carbocycles. The van der Waals surface area contributed by atoms with Crippen LogP contribution in [0, 0.1) is 5.92 Å². The molecule has 0 aromatic carbocycles. The summed E-state index contributed by atoms with van der Waals surface area (Å²) in [5.74, 6) is 0.391. The highest BCUT2D eigenvalue weighted by Crippen LogP contribution is 2.24. The average molecular weight is 224 g/mol. The van der Waals surface area contributed by atoms with Crippen molar-refractivity contribution < 1.29 is 9.59 Å². The molecule has 4 nitrogen and oxygen atoms in total. The highest BCUT2D eigenvalue weighted by Gasteiger charge is 2.42. The summed E-state index contributed by atoms with van der Waals surface area (Å²) in [6.07, 6.45) is 3.82. The fraction of sp³-hybridized carbons (Fsp3) is 0.833. The molecule has 2 fully saturated rings. The van der Waals surface area contributed by atoms with Crippen LogP contribution in [0.3, 0.4) is 0 Å². The summed E-state index contributed by atoms with van der Waals surface area (Å²) in [4.78, 5) is 25.9. The van der Waals surface area contributed by atoms with Crippen molar-refractivity contribution in [3.63, 3.8) is 0 Å². The number of fused-ring (bicyclic) bond motifs is 1. The molecule has 4 heteroatoms. The molecule has 16 heavy (non-hydrogen) atoms. The van der Waals surface area contributed by atoms with Gasteiger partial charge in [-0.2, -0.15) is 0 Å². The number of hydrogen-bond donors (Lipinski definition) is 1. The predicted molar refractivity (Wildman–Crippen MR) is 60.7 cm³/mol. The van der Waals surface area contributed by atoms with E-state index >= 15 is 0 Å². The van der Waals surface area contributed by atoms with Gasteiger partial charge in [-0.15, -0.1) is 0 Å². The minimum absolute atomic E-state index is 0.0459. The second-order valence-corrected chi connectivity index (χ2v) is 4.92. The molecular weight excluding hydrogens is 204 g/mol. The highest BCUT2D eigenvalue weighted by atomic mass is 16.2.